The normalized spacial score (nSPS) is 17.0. The average molecular weight is 331 g/mol. The number of nitrogens with zero attached hydrogens (tertiary/aromatic N) is 4. The van der Waals surface area contributed by atoms with Crippen LogP contribution in [0.4, 0.5) is 5.82 Å². The molecule has 0 bridgehead atoms. The molecule has 0 unspecified atom stereocenters. The van der Waals surface area contributed by atoms with Crippen molar-refractivity contribution in [2.75, 3.05) is 18.0 Å². The summed E-state index contributed by atoms with van der Waals surface area (Å²) in [7, 11) is 0. The quantitative estimate of drug-likeness (QED) is 0.931. The number of rotatable bonds is 4. The van der Waals surface area contributed by atoms with E-state index in [-0.39, 0.29) is 11.9 Å². The summed E-state index contributed by atoms with van der Waals surface area (Å²) in [5, 5.41) is 6.04. The van der Waals surface area contributed by atoms with Crippen LogP contribution in [-0.2, 0) is 4.79 Å². The number of carbonyl (C=O) groups excluding carboxylic acids is 1. The van der Waals surface area contributed by atoms with Gasteiger partial charge in [-0.05, 0) is 31.7 Å². The van der Waals surface area contributed by atoms with E-state index < -0.39 is 0 Å². The molecule has 1 atom stereocenters. The highest BCUT2D eigenvalue weighted by Crippen LogP contribution is 2.32. The van der Waals surface area contributed by atoms with Gasteiger partial charge in [-0.15, -0.1) is 11.3 Å². The van der Waals surface area contributed by atoms with Gasteiger partial charge in [-0.1, -0.05) is 0 Å². The zero-order chi connectivity index (χ0) is 16.2. The van der Waals surface area contributed by atoms with Crippen molar-refractivity contribution in [3.05, 3.63) is 34.7 Å². The molecule has 1 fully saturated rings. The van der Waals surface area contributed by atoms with E-state index in [1.54, 1.807) is 30.7 Å². The molecule has 2 aromatic rings. The Balaban J connectivity index is 1.68. The van der Waals surface area contributed by atoms with Crippen LogP contribution < -0.4 is 10.2 Å². The summed E-state index contributed by atoms with van der Waals surface area (Å²) in [6.07, 6.45) is 5.62. The second kappa shape index (κ2) is 7.04. The monoisotopic (exact) mass is 331 g/mol. The maximum Gasteiger partial charge on any atom is 0.217 e. The van der Waals surface area contributed by atoms with Gasteiger partial charge in [0.05, 0.1) is 6.04 Å². The molecule has 3 rings (SSSR count). The Labute approximate surface area is 140 Å². The van der Waals surface area contributed by atoms with Gasteiger partial charge in [-0.2, -0.15) is 0 Å². The first-order chi connectivity index (χ1) is 11.1. The predicted molar refractivity (Wildman–Crippen MR) is 90.4 cm³/mol. The number of nitrogens with one attached hydrogen (secondary N) is 1. The van der Waals surface area contributed by atoms with Crippen molar-refractivity contribution in [1.29, 1.82) is 0 Å². The molecule has 1 N–H and O–H groups in total. The maximum atomic E-state index is 11.6. The Bertz CT molecular complexity index is 652. The van der Waals surface area contributed by atoms with E-state index in [2.05, 4.69) is 25.2 Å². The number of hydrogen-bond donors (Lipinski definition) is 1. The number of thiazole rings is 1. The van der Waals surface area contributed by atoms with Gasteiger partial charge in [0.15, 0.2) is 0 Å². The maximum absolute atomic E-state index is 11.6. The van der Waals surface area contributed by atoms with Crippen LogP contribution in [0.2, 0.25) is 0 Å². The topological polar surface area (TPSA) is 71.0 Å². The number of aromatic nitrogens is 3. The fourth-order valence-corrected chi connectivity index (χ4v) is 3.85. The first kappa shape index (κ1) is 15.9. The van der Waals surface area contributed by atoms with E-state index in [1.165, 1.54) is 0 Å². The van der Waals surface area contributed by atoms with Crippen LogP contribution in [0.25, 0.3) is 0 Å². The highest BCUT2D eigenvalue weighted by Gasteiger charge is 2.30. The van der Waals surface area contributed by atoms with Crippen LogP contribution in [0.15, 0.2) is 23.8 Å². The Hall–Kier alpha value is -2.02. The van der Waals surface area contributed by atoms with Gasteiger partial charge in [0.1, 0.15) is 16.6 Å². The summed E-state index contributed by atoms with van der Waals surface area (Å²) < 4.78 is 0. The molecule has 1 aliphatic rings. The van der Waals surface area contributed by atoms with E-state index in [1.807, 2.05) is 18.4 Å². The molecule has 0 aromatic carbocycles. The van der Waals surface area contributed by atoms with Crippen LogP contribution in [-0.4, -0.2) is 33.9 Å². The van der Waals surface area contributed by atoms with Gasteiger partial charge >= 0.3 is 0 Å². The number of anilines is 1. The number of amides is 1. The third-order valence-corrected chi connectivity index (χ3v) is 5.03. The highest BCUT2D eigenvalue weighted by molar-refractivity contribution is 7.09. The van der Waals surface area contributed by atoms with Gasteiger partial charge in [-0.25, -0.2) is 15.0 Å². The lowest BCUT2D eigenvalue weighted by atomic mass is 9.89. The fraction of sp³-hybridized carbons (Fsp3) is 0.500. The molecule has 23 heavy (non-hydrogen) atoms. The molecule has 0 radical (unpaired) electrons. The second-order valence-electron chi connectivity index (χ2n) is 5.84. The van der Waals surface area contributed by atoms with Crippen LogP contribution >= 0.6 is 11.3 Å². The second-order valence-corrected chi connectivity index (χ2v) is 6.76. The summed E-state index contributed by atoms with van der Waals surface area (Å²) in [5.74, 6) is 2.19. The minimum absolute atomic E-state index is 0.000875. The molecule has 0 saturated carbocycles. The number of aryl methyl sites for hydroxylation is 1. The zero-order valence-corrected chi connectivity index (χ0v) is 14.2. The third kappa shape index (κ3) is 3.85. The largest absolute Gasteiger partial charge is 0.356 e. The Morgan fingerprint density at radius 2 is 2.13 bits per heavy atom. The lowest BCUT2D eigenvalue weighted by molar-refractivity contribution is -0.120. The Morgan fingerprint density at radius 3 is 2.74 bits per heavy atom. The van der Waals surface area contributed by atoms with Crippen molar-refractivity contribution in [2.45, 2.75) is 32.7 Å². The predicted octanol–water partition coefficient (Wildman–Crippen LogP) is 2.34. The molecule has 1 saturated heterocycles. The van der Waals surface area contributed by atoms with E-state index in [0.29, 0.717) is 5.92 Å². The Kier molecular flexibility index (Phi) is 4.85. The van der Waals surface area contributed by atoms with Crippen molar-refractivity contribution >= 4 is 23.1 Å². The number of piperidine rings is 1. The van der Waals surface area contributed by atoms with E-state index in [4.69, 9.17) is 0 Å². The standard InChI is InChI=1S/C16H21N5OS/c1-11-17-6-3-14(19-11)21-8-4-13(5-9-21)15(20-12(2)22)16-18-7-10-23-16/h3,6-7,10,13,15H,4-5,8-9H2,1-2H3,(H,20,22)/t15-/m0/s1. The Morgan fingerprint density at radius 1 is 1.35 bits per heavy atom. The molecule has 7 heteroatoms. The van der Waals surface area contributed by atoms with Crippen LogP contribution in [0, 0.1) is 12.8 Å². The molecule has 6 nitrogen and oxygen atoms in total. The van der Waals surface area contributed by atoms with Crippen molar-refractivity contribution < 1.29 is 4.79 Å². The average Bonchev–Trinajstić information content (AvgIpc) is 3.07. The van der Waals surface area contributed by atoms with E-state index in [0.717, 1.165) is 42.6 Å². The summed E-state index contributed by atoms with van der Waals surface area (Å²) in [6.45, 7) is 5.34. The van der Waals surface area contributed by atoms with Gasteiger partial charge in [0.25, 0.3) is 0 Å². The van der Waals surface area contributed by atoms with E-state index >= 15 is 0 Å². The van der Waals surface area contributed by atoms with Crippen LogP contribution in [0.3, 0.4) is 0 Å². The molecule has 0 aliphatic carbocycles. The summed E-state index contributed by atoms with van der Waals surface area (Å²) in [6, 6.07) is 1.97. The van der Waals surface area contributed by atoms with Crippen molar-refractivity contribution in [1.82, 2.24) is 20.3 Å². The molecule has 122 valence electrons. The summed E-state index contributed by atoms with van der Waals surface area (Å²) in [5.41, 5.74) is 0. The molecule has 1 amide bonds. The van der Waals surface area contributed by atoms with Crippen molar-refractivity contribution in [3.8, 4) is 0 Å². The van der Waals surface area contributed by atoms with Crippen LogP contribution in [0.5, 0.6) is 0 Å². The van der Waals surface area contributed by atoms with Gasteiger partial charge in [0, 0.05) is 37.8 Å². The third-order valence-electron chi connectivity index (χ3n) is 4.17. The SMILES string of the molecule is CC(=O)N[C@H](c1nccs1)C1CCN(c2ccnc(C)n2)CC1. The summed E-state index contributed by atoms with van der Waals surface area (Å²) >= 11 is 1.61. The van der Waals surface area contributed by atoms with Gasteiger partial charge < -0.3 is 10.2 Å². The first-order valence-electron chi connectivity index (χ1n) is 7.84. The molecule has 0 spiro atoms. The molecule has 1 aliphatic heterocycles. The lowest BCUT2D eigenvalue weighted by Gasteiger charge is -2.36. The minimum Gasteiger partial charge on any atom is -0.356 e. The minimum atomic E-state index is -0.000875. The molecule has 2 aromatic heterocycles. The summed E-state index contributed by atoms with van der Waals surface area (Å²) in [4.78, 5) is 26.9. The smallest absolute Gasteiger partial charge is 0.217 e. The lowest BCUT2D eigenvalue weighted by Crippen LogP contribution is -2.40. The zero-order valence-electron chi connectivity index (χ0n) is 13.4. The number of hydrogen-bond acceptors (Lipinski definition) is 6. The van der Waals surface area contributed by atoms with Gasteiger partial charge in [0.2, 0.25) is 5.91 Å². The molecule has 3 heterocycles. The first-order valence-corrected chi connectivity index (χ1v) is 8.72. The van der Waals surface area contributed by atoms with E-state index in [9.17, 15) is 4.79 Å². The number of carbonyl (C=O) groups is 1. The highest BCUT2D eigenvalue weighted by atomic mass is 32.1. The molecular weight excluding hydrogens is 310 g/mol. The molecular formula is C16H21N5OS. The van der Waals surface area contributed by atoms with Gasteiger partial charge in [-0.3, -0.25) is 4.79 Å². The van der Waals surface area contributed by atoms with Crippen molar-refractivity contribution in [2.24, 2.45) is 5.92 Å². The van der Waals surface area contributed by atoms with Crippen molar-refractivity contribution in [3.63, 3.8) is 0 Å². The van der Waals surface area contributed by atoms with Crippen LogP contribution in [0.1, 0.15) is 36.6 Å². The fourth-order valence-electron chi connectivity index (χ4n) is 3.07.